The highest BCUT2D eigenvalue weighted by Crippen LogP contribution is 2.34. The fourth-order valence-electron chi connectivity index (χ4n) is 2.55. The van der Waals surface area contributed by atoms with Crippen molar-refractivity contribution in [2.24, 2.45) is 0 Å². The number of phenolic OH excluding ortho intramolecular Hbond substituents is 1. The van der Waals surface area contributed by atoms with Crippen LogP contribution in [0.4, 0.5) is 5.82 Å². The van der Waals surface area contributed by atoms with Crippen LogP contribution in [0, 0.1) is 12.3 Å². The second kappa shape index (κ2) is 6.99. The van der Waals surface area contributed by atoms with E-state index < -0.39 is 0 Å². The van der Waals surface area contributed by atoms with Gasteiger partial charge in [-0.1, -0.05) is 30.2 Å². The van der Waals surface area contributed by atoms with Crippen LogP contribution in [0.15, 0.2) is 42.5 Å². The van der Waals surface area contributed by atoms with Crippen LogP contribution in [0.1, 0.15) is 5.56 Å². The van der Waals surface area contributed by atoms with Crippen molar-refractivity contribution in [3.8, 4) is 29.4 Å². The first-order valence-electron chi connectivity index (χ1n) is 7.64. The molecule has 3 aromatic rings. The number of aromatic hydroxyl groups is 1. The lowest BCUT2D eigenvalue weighted by atomic mass is 10.0. The monoisotopic (exact) mass is 332 g/mol. The minimum absolute atomic E-state index is 0.0295. The van der Waals surface area contributed by atoms with Crippen molar-refractivity contribution in [1.82, 2.24) is 15.5 Å². The molecule has 2 aromatic carbocycles. The van der Waals surface area contributed by atoms with Gasteiger partial charge >= 0.3 is 0 Å². The number of aromatic nitrogens is 2. The Kier molecular flexibility index (Phi) is 4.59. The van der Waals surface area contributed by atoms with Crippen molar-refractivity contribution in [1.29, 1.82) is 0 Å². The normalized spacial score (nSPS) is 10.4. The number of likely N-dealkylation sites (N-methyl/N-ethyl adjacent to an activating group) is 1. The molecule has 3 N–H and O–H groups in total. The molecular formula is C19H16N4O2. The van der Waals surface area contributed by atoms with Gasteiger partial charge in [-0.25, -0.2) is 0 Å². The van der Waals surface area contributed by atoms with Crippen LogP contribution >= 0.6 is 0 Å². The van der Waals surface area contributed by atoms with E-state index in [4.69, 9.17) is 6.42 Å². The summed E-state index contributed by atoms with van der Waals surface area (Å²) in [4.78, 5) is 11.8. The molecule has 0 fully saturated rings. The number of carbonyl (C=O) groups excluding carboxylic acids is 1. The number of hydrogen-bond donors (Lipinski definition) is 3. The Morgan fingerprint density at radius 2 is 1.96 bits per heavy atom. The Labute approximate surface area is 144 Å². The van der Waals surface area contributed by atoms with E-state index in [9.17, 15) is 9.90 Å². The van der Waals surface area contributed by atoms with Crippen molar-refractivity contribution < 1.29 is 9.90 Å². The summed E-state index contributed by atoms with van der Waals surface area (Å²) in [5.74, 6) is 2.67. The van der Waals surface area contributed by atoms with Crippen LogP contribution in [-0.4, -0.2) is 34.8 Å². The van der Waals surface area contributed by atoms with Crippen LogP contribution in [0.3, 0.4) is 0 Å². The molecule has 3 rings (SSSR count). The van der Waals surface area contributed by atoms with Crippen LogP contribution in [0.25, 0.3) is 22.0 Å². The van der Waals surface area contributed by atoms with Crippen LogP contribution in [0.2, 0.25) is 0 Å². The number of carbonyl (C=O) groups is 1. The number of nitrogens with one attached hydrogen (secondary N) is 2. The van der Waals surface area contributed by atoms with E-state index in [0.29, 0.717) is 22.6 Å². The van der Waals surface area contributed by atoms with E-state index in [1.165, 1.54) is 6.07 Å². The summed E-state index contributed by atoms with van der Waals surface area (Å²) in [6, 6.07) is 12.4. The number of terminal acetylenes is 1. The maximum atomic E-state index is 11.8. The molecule has 0 unspecified atom stereocenters. The van der Waals surface area contributed by atoms with Gasteiger partial charge in [0.2, 0.25) is 5.91 Å². The van der Waals surface area contributed by atoms with Gasteiger partial charge in [-0.3, -0.25) is 4.79 Å². The summed E-state index contributed by atoms with van der Waals surface area (Å²) in [6.07, 6.45) is 5.35. The Morgan fingerprint density at radius 3 is 2.64 bits per heavy atom. The molecule has 0 atom stereocenters. The molecule has 0 saturated heterocycles. The van der Waals surface area contributed by atoms with Gasteiger partial charge in [0, 0.05) is 21.9 Å². The molecule has 0 aliphatic heterocycles. The van der Waals surface area contributed by atoms with E-state index in [-0.39, 0.29) is 18.2 Å². The number of nitrogens with zero attached hydrogens (tertiary/aromatic N) is 2. The zero-order valence-electron chi connectivity index (χ0n) is 13.6. The summed E-state index contributed by atoms with van der Waals surface area (Å²) in [7, 11) is 1.69. The van der Waals surface area contributed by atoms with Gasteiger partial charge in [-0.2, -0.15) is 0 Å². The Hall–Kier alpha value is -3.43. The molecule has 124 valence electrons. The third-order valence-electron chi connectivity index (χ3n) is 3.70. The average molecular weight is 332 g/mol. The van der Waals surface area contributed by atoms with E-state index in [1.54, 1.807) is 19.2 Å². The molecule has 0 bridgehead atoms. The minimum atomic E-state index is -0.212. The Bertz CT molecular complexity index is 992. The van der Waals surface area contributed by atoms with Crippen molar-refractivity contribution in [3.63, 3.8) is 0 Å². The first kappa shape index (κ1) is 16.4. The lowest BCUT2D eigenvalue weighted by Gasteiger charge is -2.11. The van der Waals surface area contributed by atoms with Crippen molar-refractivity contribution >= 4 is 22.5 Å². The maximum Gasteiger partial charge on any atom is 0.239 e. The highest BCUT2D eigenvalue weighted by molar-refractivity contribution is 6.05. The first-order valence-corrected chi connectivity index (χ1v) is 7.64. The lowest BCUT2D eigenvalue weighted by Crippen LogP contribution is -2.25. The number of phenols is 1. The van der Waals surface area contributed by atoms with Crippen molar-refractivity contribution in [3.05, 3.63) is 48.0 Å². The molecule has 1 heterocycles. The van der Waals surface area contributed by atoms with Crippen molar-refractivity contribution in [2.75, 3.05) is 18.9 Å². The minimum Gasteiger partial charge on any atom is -0.507 e. The zero-order chi connectivity index (χ0) is 17.8. The fraction of sp³-hybridized carbons (Fsp3) is 0.105. The third-order valence-corrected chi connectivity index (χ3v) is 3.70. The number of hydrogen-bond acceptors (Lipinski definition) is 5. The number of fused-ring (bicyclic) bond motifs is 1. The summed E-state index contributed by atoms with van der Waals surface area (Å²) in [5.41, 5.74) is 1.62. The molecule has 0 radical (unpaired) electrons. The standard InChI is InChI=1S/C19H16N4O2/c1-3-12-8-9-15(16(24)10-12)18-13-6-4-5-7-14(13)19(23-22-18)21-17(25)11-20-2/h1,4-10,20,24H,11H2,2H3,(H,21,23,25). The van der Waals surface area contributed by atoms with Gasteiger partial charge in [0.05, 0.1) is 6.54 Å². The SMILES string of the molecule is C#Cc1ccc(-c2nnc(NC(=O)CNC)c3ccccc23)c(O)c1. The molecule has 25 heavy (non-hydrogen) atoms. The zero-order valence-corrected chi connectivity index (χ0v) is 13.6. The predicted octanol–water partition coefficient (Wildman–Crippen LogP) is 2.14. The van der Waals surface area contributed by atoms with E-state index in [1.807, 2.05) is 24.3 Å². The van der Waals surface area contributed by atoms with Crippen LogP contribution in [0.5, 0.6) is 5.75 Å². The van der Waals surface area contributed by atoms with E-state index in [0.717, 1.165) is 10.8 Å². The number of amides is 1. The molecule has 0 saturated carbocycles. The second-order valence-electron chi connectivity index (χ2n) is 5.40. The topological polar surface area (TPSA) is 87.1 Å². The van der Waals surface area contributed by atoms with Gasteiger partial charge < -0.3 is 15.7 Å². The molecular weight excluding hydrogens is 316 g/mol. The summed E-state index contributed by atoms with van der Waals surface area (Å²) >= 11 is 0. The highest BCUT2D eigenvalue weighted by Gasteiger charge is 2.15. The van der Waals surface area contributed by atoms with Gasteiger partial charge in [-0.15, -0.1) is 16.6 Å². The Morgan fingerprint density at radius 1 is 1.20 bits per heavy atom. The largest absolute Gasteiger partial charge is 0.507 e. The summed E-state index contributed by atoms with van der Waals surface area (Å²) in [5, 5.41) is 25.6. The molecule has 1 amide bonds. The quantitative estimate of drug-likeness (QED) is 0.637. The lowest BCUT2D eigenvalue weighted by molar-refractivity contribution is -0.115. The average Bonchev–Trinajstić information content (AvgIpc) is 2.62. The number of benzene rings is 2. The third kappa shape index (κ3) is 3.27. The smallest absolute Gasteiger partial charge is 0.239 e. The van der Waals surface area contributed by atoms with E-state index in [2.05, 4.69) is 26.8 Å². The number of anilines is 1. The predicted molar refractivity (Wildman–Crippen MR) is 97.1 cm³/mol. The van der Waals surface area contributed by atoms with Gasteiger partial charge in [0.1, 0.15) is 11.4 Å². The second-order valence-corrected chi connectivity index (χ2v) is 5.40. The van der Waals surface area contributed by atoms with E-state index >= 15 is 0 Å². The highest BCUT2D eigenvalue weighted by atomic mass is 16.3. The Balaban J connectivity index is 2.13. The van der Waals surface area contributed by atoms with Gasteiger partial charge in [0.15, 0.2) is 5.82 Å². The maximum absolute atomic E-state index is 11.8. The van der Waals surface area contributed by atoms with Crippen LogP contribution in [-0.2, 0) is 4.79 Å². The molecule has 6 heteroatoms. The number of rotatable bonds is 4. The molecule has 0 spiro atoms. The fourth-order valence-corrected chi connectivity index (χ4v) is 2.55. The first-order chi connectivity index (χ1) is 12.1. The van der Waals surface area contributed by atoms with Gasteiger partial charge in [-0.05, 0) is 25.2 Å². The van der Waals surface area contributed by atoms with Gasteiger partial charge in [0.25, 0.3) is 0 Å². The molecule has 1 aromatic heterocycles. The summed E-state index contributed by atoms with van der Waals surface area (Å²) < 4.78 is 0. The molecule has 6 nitrogen and oxygen atoms in total. The van der Waals surface area contributed by atoms with Crippen molar-refractivity contribution in [2.45, 2.75) is 0 Å². The van der Waals surface area contributed by atoms with Crippen LogP contribution < -0.4 is 10.6 Å². The molecule has 0 aliphatic carbocycles. The molecule has 0 aliphatic rings. The summed E-state index contributed by atoms with van der Waals surface area (Å²) in [6.45, 7) is 0.173.